The van der Waals surface area contributed by atoms with Crippen LogP contribution in [-0.4, -0.2) is 43.7 Å². The standard InChI is InChI=1S/C24H29N3O5S/c1-15-4-6-18(7-5-15)14-25-24(29)19-8-10-27(11-9-19)33(30,31)22-13-21-20(12-16(22)2)26-23(28)17(3)32-21/h4-7,12-13,17,19H,8-11,14H2,1-3H3,(H,25,29)(H,26,28)/t17-/m1/s1. The zero-order chi connectivity index (χ0) is 23.8. The van der Waals surface area contributed by atoms with Gasteiger partial charge in [-0.15, -0.1) is 0 Å². The van der Waals surface area contributed by atoms with Gasteiger partial charge in [0.25, 0.3) is 5.91 Å². The van der Waals surface area contributed by atoms with Gasteiger partial charge in [0.1, 0.15) is 5.75 Å². The molecule has 0 aliphatic carbocycles. The molecule has 4 rings (SSSR count). The molecule has 1 atom stereocenters. The Hall–Kier alpha value is -2.91. The van der Waals surface area contributed by atoms with Gasteiger partial charge in [-0.3, -0.25) is 9.59 Å². The second-order valence-electron chi connectivity index (χ2n) is 8.74. The normalized spacial score (nSPS) is 19.4. The molecule has 1 saturated heterocycles. The van der Waals surface area contributed by atoms with Crippen LogP contribution in [0.2, 0.25) is 0 Å². The van der Waals surface area contributed by atoms with E-state index >= 15 is 0 Å². The third kappa shape index (κ3) is 4.89. The number of hydrogen-bond acceptors (Lipinski definition) is 5. The van der Waals surface area contributed by atoms with E-state index in [2.05, 4.69) is 10.6 Å². The van der Waals surface area contributed by atoms with Crippen LogP contribution in [0.1, 0.15) is 36.5 Å². The predicted molar refractivity (Wildman–Crippen MR) is 124 cm³/mol. The fraction of sp³-hybridized carbons (Fsp3) is 0.417. The Morgan fingerprint density at radius 1 is 1.15 bits per heavy atom. The molecule has 2 aromatic rings. The number of piperidine rings is 1. The van der Waals surface area contributed by atoms with Gasteiger partial charge >= 0.3 is 0 Å². The first-order valence-corrected chi connectivity index (χ1v) is 12.5. The highest BCUT2D eigenvalue weighted by molar-refractivity contribution is 7.89. The number of aryl methyl sites for hydroxylation is 2. The molecule has 0 saturated carbocycles. The number of fused-ring (bicyclic) bond motifs is 1. The molecule has 2 amide bonds. The van der Waals surface area contributed by atoms with Crippen LogP contribution in [0.25, 0.3) is 0 Å². The molecule has 176 valence electrons. The Kier molecular flexibility index (Phi) is 6.45. The van der Waals surface area contributed by atoms with Crippen molar-refractivity contribution < 1.29 is 22.7 Å². The maximum atomic E-state index is 13.3. The SMILES string of the molecule is Cc1ccc(CNC(=O)C2CCN(S(=O)(=O)c3cc4c(cc3C)NC(=O)[C@@H](C)O4)CC2)cc1. The molecule has 9 heteroatoms. The first-order valence-electron chi connectivity index (χ1n) is 11.1. The quantitative estimate of drug-likeness (QED) is 0.698. The second kappa shape index (κ2) is 9.15. The molecule has 0 aromatic heterocycles. The third-order valence-corrected chi connectivity index (χ3v) is 8.28. The van der Waals surface area contributed by atoms with Crippen molar-refractivity contribution in [3.63, 3.8) is 0 Å². The summed E-state index contributed by atoms with van der Waals surface area (Å²) in [5.74, 6) is -0.182. The average Bonchev–Trinajstić information content (AvgIpc) is 2.79. The largest absolute Gasteiger partial charge is 0.479 e. The lowest BCUT2D eigenvalue weighted by Gasteiger charge is -2.31. The summed E-state index contributed by atoms with van der Waals surface area (Å²) in [7, 11) is -3.76. The minimum Gasteiger partial charge on any atom is -0.479 e. The lowest BCUT2D eigenvalue weighted by Crippen LogP contribution is -2.43. The molecule has 0 radical (unpaired) electrons. The maximum absolute atomic E-state index is 13.3. The average molecular weight is 472 g/mol. The molecule has 2 aliphatic heterocycles. The summed E-state index contributed by atoms with van der Waals surface area (Å²) in [6.07, 6.45) is 0.240. The van der Waals surface area contributed by atoms with Gasteiger partial charge in [0.15, 0.2) is 6.10 Å². The summed E-state index contributed by atoms with van der Waals surface area (Å²) >= 11 is 0. The monoisotopic (exact) mass is 471 g/mol. The van der Waals surface area contributed by atoms with Crippen LogP contribution in [0.5, 0.6) is 5.75 Å². The van der Waals surface area contributed by atoms with Crippen LogP contribution in [0, 0.1) is 19.8 Å². The number of carbonyl (C=O) groups excluding carboxylic acids is 2. The Morgan fingerprint density at radius 2 is 1.82 bits per heavy atom. The molecule has 2 N–H and O–H groups in total. The van der Waals surface area contributed by atoms with Gasteiger partial charge in [-0.05, 0) is 50.8 Å². The fourth-order valence-electron chi connectivity index (χ4n) is 4.16. The Labute approximate surface area is 194 Å². The van der Waals surface area contributed by atoms with E-state index in [1.807, 2.05) is 31.2 Å². The molecule has 0 unspecified atom stereocenters. The molecular weight excluding hydrogens is 442 g/mol. The number of nitrogens with one attached hydrogen (secondary N) is 2. The van der Waals surface area contributed by atoms with Crippen molar-refractivity contribution in [1.82, 2.24) is 9.62 Å². The zero-order valence-electron chi connectivity index (χ0n) is 19.1. The van der Waals surface area contributed by atoms with Crippen molar-refractivity contribution in [2.24, 2.45) is 5.92 Å². The number of amides is 2. The van der Waals surface area contributed by atoms with Gasteiger partial charge in [-0.1, -0.05) is 29.8 Å². The smallest absolute Gasteiger partial charge is 0.265 e. The molecule has 8 nitrogen and oxygen atoms in total. The lowest BCUT2D eigenvalue weighted by atomic mass is 9.97. The van der Waals surface area contributed by atoms with Crippen molar-refractivity contribution in [2.75, 3.05) is 18.4 Å². The van der Waals surface area contributed by atoms with Gasteiger partial charge in [-0.25, -0.2) is 8.42 Å². The van der Waals surface area contributed by atoms with Crippen LogP contribution in [-0.2, 0) is 26.2 Å². The highest BCUT2D eigenvalue weighted by atomic mass is 32.2. The van der Waals surface area contributed by atoms with E-state index in [9.17, 15) is 18.0 Å². The van der Waals surface area contributed by atoms with E-state index < -0.39 is 16.1 Å². The molecule has 2 heterocycles. The van der Waals surface area contributed by atoms with Gasteiger partial charge in [0.05, 0.1) is 10.6 Å². The van der Waals surface area contributed by atoms with Gasteiger partial charge in [0, 0.05) is 31.6 Å². The molecule has 33 heavy (non-hydrogen) atoms. The summed E-state index contributed by atoms with van der Waals surface area (Å²) in [5, 5.41) is 5.70. The molecular formula is C24H29N3O5S. The van der Waals surface area contributed by atoms with Crippen molar-refractivity contribution >= 4 is 27.5 Å². The Morgan fingerprint density at radius 3 is 2.48 bits per heavy atom. The third-order valence-electron chi connectivity index (χ3n) is 6.24. The number of hydrogen-bond donors (Lipinski definition) is 2. The Balaban J connectivity index is 1.40. The molecule has 2 aromatic carbocycles. The minimum absolute atomic E-state index is 0.0456. The molecule has 0 spiro atoms. The first-order chi connectivity index (χ1) is 15.6. The van der Waals surface area contributed by atoms with Crippen LogP contribution in [0.4, 0.5) is 5.69 Å². The zero-order valence-corrected chi connectivity index (χ0v) is 19.9. The van der Waals surface area contributed by atoms with Crippen molar-refractivity contribution in [2.45, 2.75) is 51.2 Å². The summed E-state index contributed by atoms with van der Waals surface area (Å²) in [5.41, 5.74) is 3.20. The summed E-state index contributed by atoms with van der Waals surface area (Å²) in [6.45, 7) is 6.33. The van der Waals surface area contributed by atoms with Crippen molar-refractivity contribution in [3.05, 3.63) is 53.1 Å². The Bertz CT molecular complexity index is 1170. The fourth-order valence-corrected chi connectivity index (χ4v) is 5.85. The van der Waals surface area contributed by atoms with Gasteiger partial charge < -0.3 is 15.4 Å². The number of sulfonamides is 1. The van der Waals surface area contributed by atoms with E-state index in [-0.39, 0.29) is 35.7 Å². The number of benzene rings is 2. The highest BCUT2D eigenvalue weighted by Crippen LogP contribution is 2.36. The van der Waals surface area contributed by atoms with Gasteiger partial charge in [0.2, 0.25) is 15.9 Å². The van der Waals surface area contributed by atoms with E-state index in [1.165, 1.54) is 15.9 Å². The van der Waals surface area contributed by atoms with Crippen LogP contribution >= 0.6 is 0 Å². The van der Waals surface area contributed by atoms with E-state index in [4.69, 9.17) is 4.74 Å². The van der Waals surface area contributed by atoms with Crippen molar-refractivity contribution in [1.29, 1.82) is 0 Å². The molecule has 0 bridgehead atoms. The molecule has 1 fully saturated rings. The van der Waals surface area contributed by atoms with Crippen LogP contribution in [0.3, 0.4) is 0 Å². The number of nitrogens with zero attached hydrogens (tertiary/aromatic N) is 1. The highest BCUT2D eigenvalue weighted by Gasteiger charge is 2.34. The predicted octanol–water partition coefficient (Wildman–Crippen LogP) is 2.74. The maximum Gasteiger partial charge on any atom is 0.265 e. The lowest BCUT2D eigenvalue weighted by molar-refractivity contribution is -0.126. The molecule has 2 aliphatic rings. The topological polar surface area (TPSA) is 105 Å². The van der Waals surface area contributed by atoms with E-state index in [0.717, 1.165) is 5.56 Å². The van der Waals surface area contributed by atoms with Crippen molar-refractivity contribution in [3.8, 4) is 5.75 Å². The summed E-state index contributed by atoms with van der Waals surface area (Å²) < 4.78 is 33.7. The van der Waals surface area contributed by atoms with Gasteiger partial charge in [-0.2, -0.15) is 4.31 Å². The summed E-state index contributed by atoms with van der Waals surface area (Å²) in [6, 6.07) is 11.1. The second-order valence-corrected chi connectivity index (χ2v) is 10.7. The number of anilines is 1. The number of rotatable bonds is 5. The minimum atomic E-state index is -3.76. The number of ether oxygens (including phenoxy) is 1. The number of carbonyl (C=O) groups is 2. The van der Waals surface area contributed by atoms with E-state index in [1.54, 1.807) is 19.9 Å². The van der Waals surface area contributed by atoms with Crippen LogP contribution in [0.15, 0.2) is 41.3 Å². The first kappa shape index (κ1) is 23.3. The van der Waals surface area contributed by atoms with E-state index in [0.29, 0.717) is 36.4 Å². The summed E-state index contributed by atoms with van der Waals surface area (Å²) in [4.78, 5) is 24.6. The van der Waals surface area contributed by atoms with Crippen LogP contribution < -0.4 is 15.4 Å².